The molecule has 0 aliphatic rings. The van der Waals surface area contributed by atoms with E-state index in [1.165, 1.54) is 0 Å². The quantitative estimate of drug-likeness (QED) is 0.419. The number of ether oxygens (including phenoxy) is 2. The maximum Gasteiger partial charge on any atom is 0.425 e. The predicted molar refractivity (Wildman–Crippen MR) is 83.9 cm³/mol. The van der Waals surface area contributed by atoms with Crippen LogP contribution in [0.2, 0.25) is 0 Å². The second kappa shape index (κ2) is 8.69. The van der Waals surface area contributed by atoms with Crippen LogP contribution < -0.4 is 9.47 Å². The van der Waals surface area contributed by atoms with Crippen LogP contribution in [0.5, 0.6) is 11.5 Å². The molecule has 0 saturated carbocycles. The molecular weight excluding hydrogens is 435 g/mol. The minimum Gasteiger partial charge on any atom is -0.428 e. The molecule has 2 rings (SSSR count). The number of halogens is 9. The van der Waals surface area contributed by atoms with Gasteiger partial charge in [-0.15, -0.1) is 0 Å². The monoisotopic (exact) mass is 444 g/mol. The molecule has 3 nitrogen and oxygen atoms in total. The Labute approximate surface area is 162 Å². The second-order valence-electron chi connectivity index (χ2n) is 5.53. The van der Waals surface area contributed by atoms with Gasteiger partial charge in [-0.1, -0.05) is 24.3 Å². The first-order valence-corrected chi connectivity index (χ1v) is 7.63. The number of alkyl halides is 3. The molecule has 0 aliphatic heterocycles. The van der Waals surface area contributed by atoms with Crippen molar-refractivity contribution < 1.29 is 54.1 Å². The van der Waals surface area contributed by atoms with Crippen LogP contribution in [-0.2, 0) is 5.60 Å². The van der Waals surface area contributed by atoms with Crippen LogP contribution in [0.25, 0.3) is 0 Å². The molecule has 0 heterocycles. The molecule has 0 radical (unpaired) electrons. The summed E-state index contributed by atoms with van der Waals surface area (Å²) in [6.07, 6.45) is -10.9. The highest BCUT2D eigenvalue weighted by Crippen LogP contribution is 2.45. The summed E-state index contributed by atoms with van der Waals surface area (Å²) in [4.78, 5) is 0. The summed E-state index contributed by atoms with van der Waals surface area (Å²) in [5, 5.41) is 10.4. The zero-order valence-corrected chi connectivity index (χ0v) is 14.3. The summed E-state index contributed by atoms with van der Waals surface area (Å²) in [5.74, 6) is -1.15. The Morgan fingerprint density at radius 3 is 1.13 bits per heavy atom. The van der Waals surface area contributed by atoms with Crippen molar-refractivity contribution in [3.05, 3.63) is 83.8 Å². The average molecular weight is 444 g/mol. The lowest BCUT2D eigenvalue weighted by molar-refractivity contribution is -0.248. The molecule has 30 heavy (non-hydrogen) atoms. The predicted octanol–water partition coefficient (Wildman–Crippen LogP) is 6.31. The van der Waals surface area contributed by atoms with E-state index >= 15 is 0 Å². The van der Waals surface area contributed by atoms with Crippen molar-refractivity contribution in [1.29, 1.82) is 0 Å². The highest BCUT2D eigenvalue weighted by molar-refractivity contribution is 5.42. The Morgan fingerprint density at radius 1 is 0.600 bits per heavy atom. The number of hydrogen-bond donors (Lipinski definition) is 1. The fourth-order valence-electron chi connectivity index (χ4n) is 2.31. The van der Waals surface area contributed by atoms with Gasteiger partial charge < -0.3 is 14.6 Å². The lowest BCUT2D eigenvalue weighted by Crippen LogP contribution is -2.43. The summed E-state index contributed by atoms with van der Waals surface area (Å²) in [6, 6.07) is 0.911. The Bertz CT molecular complexity index is 871. The maximum atomic E-state index is 13.7. The Morgan fingerprint density at radius 2 is 0.900 bits per heavy atom. The normalized spacial score (nSPS) is 11.7. The van der Waals surface area contributed by atoms with Gasteiger partial charge in [-0.05, 0) is 35.4 Å². The van der Waals surface area contributed by atoms with Crippen LogP contribution >= 0.6 is 0 Å². The van der Waals surface area contributed by atoms with E-state index in [0.29, 0.717) is 48.5 Å². The zero-order valence-electron chi connectivity index (χ0n) is 14.3. The highest BCUT2D eigenvalue weighted by Gasteiger charge is 2.56. The molecule has 1 N–H and O–H groups in total. The average Bonchev–Trinajstić information content (AvgIpc) is 2.67. The summed E-state index contributed by atoms with van der Waals surface area (Å²) >= 11 is 0. The van der Waals surface area contributed by atoms with Crippen molar-refractivity contribution in [1.82, 2.24) is 0 Å². The lowest BCUT2D eigenvalue weighted by Gasteiger charge is -2.31. The standard InChI is InChI=1S/C18H9F9O3/c19-13(20)15(23)29-11-5-1-9(2-6-11)17(28,18(25,26)27)10-3-7-12(8-4-10)30-16(24)14(21)22/h1-8,28H. The molecule has 0 amide bonds. The van der Waals surface area contributed by atoms with E-state index in [1.807, 2.05) is 0 Å². The third kappa shape index (κ3) is 4.87. The molecule has 0 aliphatic carbocycles. The van der Waals surface area contributed by atoms with E-state index in [1.54, 1.807) is 0 Å². The summed E-state index contributed by atoms with van der Waals surface area (Å²) < 4.78 is 123. The van der Waals surface area contributed by atoms with E-state index in [9.17, 15) is 44.6 Å². The van der Waals surface area contributed by atoms with Gasteiger partial charge in [0, 0.05) is 0 Å². The molecule has 0 fully saturated rings. The molecule has 0 atom stereocenters. The fraction of sp³-hybridized carbons (Fsp3) is 0.111. The lowest BCUT2D eigenvalue weighted by atomic mass is 9.85. The van der Waals surface area contributed by atoms with Gasteiger partial charge in [0.05, 0.1) is 0 Å². The van der Waals surface area contributed by atoms with Crippen LogP contribution in [0.15, 0.2) is 72.7 Å². The summed E-state index contributed by atoms with van der Waals surface area (Å²) in [5.41, 5.74) is -5.26. The minimum atomic E-state index is -5.32. The van der Waals surface area contributed by atoms with Crippen molar-refractivity contribution in [3.63, 3.8) is 0 Å². The Balaban J connectivity index is 2.41. The van der Waals surface area contributed by atoms with Gasteiger partial charge in [-0.25, -0.2) is 0 Å². The first-order valence-electron chi connectivity index (χ1n) is 7.63. The molecule has 162 valence electrons. The minimum absolute atomic E-state index is 0.576. The van der Waals surface area contributed by atoms with Crippen molar-refractivity contribution in [2.75, 3.05) is 0 Å². The van der Waals surface area contributed by atoms with Gasteiger partial charge in [0.25, 0.3) is 0 Å². The van der Waals surface area contributed by atoms with Crippen LogP contribution in [0.4, 0.5) is 39.5 Å². The number of hydrogen-bond acceptors (Lipinski definition) is 3. The molecule has 0 bridgehead atoms. The van der Waals surface area contributed by atoms with Gasteiger partial charge in [-0.2, -0.15) is 39.5 Å². The summed E-state index contributed by atoms with van der Waals surface area (Å²) in [7, 11) is 0. The molecular formula is C18H9F9O3. The van der Waals surface area contributed by atoms with Gasteiger partial charge in [0.1, 0.15) is 11.5 Å². The van der Waals surface area contributed by atoms with E-state index in [2.05, 4.69) is 9.47 Å². The molecule has 12 heteroatoms. The molecule has 0 unspecified atom stereocenters. The van der Waals surface area contributed by atoms with Gasteiger partial charge >= 0.3 is 30.4 Å². The fourth-order valence-corrected chi connectivity index (χ4v) is 2.31. The van der Waals surface area contributed by atoms with E-state index in [0.717, 1.165) is 0 Å². The number of rotatable bonds is 6. The van der Waals surface area contributed by atoms with Crippen LogP contribution in [-0.4, -0.2) is 11.3 Å². The van der Waals surface area contributed by atoms with E-state index in [4.69, 9.17) is 0 Å². The van der Waals surface area contributed by atoms with Crippen molar-refractivity contribution >= 4 is 0 Å². The van der Waals surface area contributed by atoms with Crippen LogP contribution in [0.1, 0.15) is 11.1 Å². The van der Waals surface area contributed by atoms with E-state index < -0.39 is 58.6 Å². The molecule has 0 aromatic heterocycles. The first-order chi connectivity index (χ1) is 13.9. The van der Waals surface area contributed by atoms with Gasteiger partial charge in [-0.3, -0.25) is 0 Å². The smallest absolute Gasteiger partial charge is 0.425 e. The van der Waals surface area contributed by atoms with Crippen molar-refractivity contribution in [2.45, 2.75) is 11.8 Å². The molecule has 0 spiro atoms. The highest BCUT2D eigenvalue weighted by atomic mass is 19.4. The second-order valence-corrected chi connectivity index (χ2v) is 5.53. The van der Waals surface area contributed by atoms with Crippen LogP contribution in [0, 0.1) is 0 Å². The maximum absolute atomic E-state index is 13.7. The number of aliphatic hydroxyl groups is 1. The number of benzene rings is 2. The van der Waals surface area contributed by atoms with E-state index in [-0.39, 0.29) is 0 Å². The molecule has 0 saturated heterocycles. The third-order valence-electron chi connectivity index (χ3n) is 3.67. The van der Waals surface area contributed by atoms with Crippen molar-refractivity contribution in [3.8, 4) is 11.5 Å². The largest absolute Gasteiger partial charge is 0.428 e. The van der Waals surface area contributed by atoms with Gasteiger partial charge in [0.15, 0.2) is 0 Å². The first kappa shape index (κ1) is 23.1. The Hall–Kier alpha value is -3.15. The summed E-state index contributed by atoms with van der Waals surface area (Å²) in [6.45, 7) is 0. The Kier molecular flexibility index (Phi) is 6.70. The van der Waals surface area contributed by atoms with Gasteiger partial charge in [0.2, 0.25) is 5.60 Å². The third-order valence-corrected chi connectivity index (χ3v) is 3.67. The van der Waals surface area contributed by atoms with Crippen LogP contribution in [0.3, 0.4) is 0 Å². The zero-order chi connectivity index (χ0) is 22.7. The van der Waals surface area contributed by atoms with Crippen molar-refractivity contribution in [2.24, 2.45) is 0 Å². The topological polar surface area (TPSA) is 38.7 Å². The SMILES string of the molecule is OC(c1ccc(OC(F)=C(F)F)cc1)(c1ccc(OC(F)=C(F)F)cc1)C(F)(F)F. The molecule has 2 aromatic carbocycles. The molecule has 2 aromatic rings.